The molecule has 0 spiro atoms. The fourth-order valence-corrected chi connectivity index (χ4v) is 2.31. The summed E-state index contributed by atoms with van der Waals surface area (Å²) < 4.78 is 0. The van der Waals surface area contributed by atoms with Crippen LogP contribution in [-0.2, 0) is 9.59 Å². The van der Waals surface area contributed by atoms with E-state index in [0.717, 1.165) is 43.3 Å². The van der Waals surface area contributed by atoms with Gasteiger partial charge in [0.2, 0.25) is 0 Å². The first-order valence-corrected chi connectivity index (χ1v) is 6.80. The van der Waals surface area contributed by atoms with Gasteiger partial charge in [-0.15, -0.1) is 0 Å². The number of hydrogen-bond acceptors (Lipinski definition) is 4. The molecule has 108 valence electrons. The highest BCUT2D eigenvalue weighted by Crippen LogP contribution is 2.23. The summed E-state index contributed by atoms with van der Waals surface area (Å²) in [6.45, 7) is 1.73. The lowest BCUT2D eigenvalue weighted by atomic mass is 9.98. The number of hydrogen-bond donors (Lipinski definition) is 1. The molecule has 21 heavy (non-hydrogen) atoms. The number of aliphatic carboxylic acids is 1. The van der Waals surface area contributed by atoms with Crippen LogP contribution in [0.25, 0.3) is 6.08 Å². The third kappa shape index (κ3) is 3.93. The van der Waals surface area contributed by atoms with Crippen LogP contribution in [0.4, 0.5) is 5.69 Å². The van der Waals surface area contributed by atoms with E-state index >= 15 is 0 Å². The highest BCUT2D eigenvalue weighted by molar-refractivity contribution is 6.38. The molecule has 1 saturated heterocycles. The zero-order valence-electron chi connectivity index (χ0n) is 11.5. The van der Waals surface area contributed by atoms with Crippen LogP contribution in [-0.4, -0.2) is 29.9 Å². The van der Waals surface area contributed by atoms with Crippen molar-refractivity contribution in [3.63, 3.8) is 0 Å². The van der Waals surface area contributed by atoms with E-state index in [0.29, 0.717) is 0 Å². The second-order valence-corrected chi connectivity index (χ2v) is 4.98. The zero-order chi connectivity index (χ0) is 15.2. The monoisotopic (exact) mass is 284 g/mol. The molecule has 2 rings (SSSR count). The average molecular weight is 284 g/mol. The van der Waals surface area contributed by atoms with Crippen molar-refractivity contribution in [2.45, 2.75) is 12.8 Å². The van der Waals surface area contributed by atoms with E-state index in [1.54, 1.807) is 0 Å². The Hall–Kier alpha value is -2.61. The van der Waals surface area contributed by atoms with E-state index in [-0.39, 0.29) is 5.92 Å². The van der Waals surface area contributed by atoms with Crippen molar-refractivity contribution in [2.75, 3.05) is 18.0 Å². The Kier molecular flexibility index (Phi) is 4.72. The van der Waals surface area contributed by atoms with Crippen molar-refractivity contribution in [2.24, 2.45) is 5.92 Å². The van der Waals surface area contributed by atoms with Crippen LogP contribution in [0.1, 0.15) is 18.4 Å². The summed E-state index contributed by atoms with van der Waals surface area (Å²) in [4.78, 5) is 23.6. The third-order valence-electron chi connectivity index (χ3n) is 3.57. The Morgan fingerprint density at radius 2 is 1.86 bits per heavy atom. The average Bonchev–Trinajstić information content (AvgIpc) is 2.53. The van der Waals surface area contributed by atoms with Gasteiger partial charge in [0.25, 0.3) is 5.78 Å². The van der Waals surface area contributed by atoms with Gasteiger partial charge in [0.15, 0.2) is 0 Å². The number of ketones is 1. The van der Waals surface area contributed by atoms with Gasteiger partial charge < -0.3 is 10.0 Å². The van der Waals surface area contributed by atoms with Crippen LogP contribution in [0, 0.1) is 17.2 Å². The minimum absolute atomic E-state index is 0.158. The van der Waals surface area contributed by atoms with Gasteiger partial charge in [0.1, 0.15) is 0 Å². The molecule has 0 amide bonds. The van der Waals surface area contributed by atoms with Crippen molar-refractivity contribution < 1.29 is 14.7 Å². The van der Waals surface area contributed by atoms with Crippen molar-refractivity contribution in [1.29, 1.82) is 5.26 Å². The van der Waals surface area contributed by atoms with Crippen molar-refractivity contribution >= 4 is 23.5 Å². The number of rotatable bonds is 4. The molecule has 1 fully saturated rings. The summed E-state index contributed by atoms with van der Waals surface area (Å²) in [7, 11) is 0. The van der Waals surface area contributed by atoms with Gasteiger partial charge in [0, 0.05) is 24.7 Å². The number of anilines is 1. The minimum Gasteiger partial charge on any atom is -0.475 e. The predicted octanol–water partition coefficient (Wildman–Crippen LogP) is 2.09. The molecule has 0 atom stereocenters. The van der Waals surface area contributed by atoms with E-state index < -0.39 is 11.8 Å². The summed E-state index contributed by atoms with van der Waals surface area (Å²) in [5, 5.41) is 17.4. The number of nitriles is 1. The zero-order valence-corrected chi connectivity index (χ0v) is 11.5. The minimum atomic E-state index is -1.46. The van der Waals surface area contributed by atoms with Gasteiger partial charge in [0.05, 0.1) is 6.07 Å². The number of nitrogens with zero attached hydrogens (tertiary/aromatic N) is 2. The second kappa shape index (κ2) is 6.71. The summed E-state index contributed by atoms with van der Waals surface area (Å²) in [6, 6.07) is 9.88. The van der Waals surface area contributed by atoms with Crippen molar-refractivity contribution in [3.8, 4) is 6.07 Å². The molecule has 0 unspecified atom stereocenters. The van der Waals surface area contributed by atoms with Crippen molar-refractivity contribution in [1.82, 2.24) is 0 Å². The summed E-state index contributed by atoms with van der Waals surface area (Å²) in [5.74, 6) is -2.23. The number of carbonyl (C=O) groups excluding carboxylic acids is 1. The van der Waals surface area contributed by atoms with Crippen LogP contribution in [0.15, 0.2) is 30.3 Å². The summed E-state index contributed by atoms with van der Waals surface area (Å²) in [5.41, 5.74) is 1.85. The molecule has 0 aromatic heterocycles. The first kappa shape index (κ1) is 14.8. The van der Waals surface area contributed by atoms with Gasteiger partial charge >= 0.3 is 5.97 Å². The number of carbonyl (C=O) groups is 2. The quantitative estimate of drug-likeness (QED) is 0.676. The maximum absolute atomic E-state index is 11.0. The molecular formula is C16H16N2O3. The largest absolute Gasteiger partial charge is 0.475 e. The molecule has 0 bridgehead atoms. The molecule has 5 nitrogen and oxygen atoms in total. The Balaban J connectivity index is 1.98. The molecule has 0 saturated carbocycles. The maximum atomic E-state index is 11.0. The van der Waals surface area contributed by atoms with E-state index in [9.17, 15) is 9.59 Å². The lowest BCUT2D eigenvalue weighted by molar-refractivity contribution is -0.146. The fraction of sp³-hybridized carbons (Fsp3) is 0.312. The van der Waals surface area contributed by atoms with Crippen LogP contribution in [0.5, 0.6) is 0 Å². The van der Waals surface area contributed by atoms with E-state index in [4.69, 9.17) is 10.4 Å². The highest BCUT2D eigenvalue weighted by atomic mass is 16.4. The molecule has 1 aliphatic rings. The summed E-state index contributed by atoms with van der Waals surface area (Å²) in [6.07, 6.45) is 4.30. The smallest absolute Gasteiger partial charge is 0.376 e. The van der Waals surface area contributed by atoms with Crippen LogP contribution >= 0.6 is 0 Å². The van der Waals surface area contributed by atoms with Crippen molar-refractivity contribution in [3.05, 3.63) is 35.9 Å². The van der Waals surface area contributed by atoms with E-state index in [1.807, 2.05) is 24.3 Å². The maximum Gasteiger partial charge on any atom is 0.376 e. The molecule has 1 aliphatic heterocycles. The van der Waals surface area contributed by atoms with E-state index in [2.05, 4.69) is 11.0 Å². The number of piperidine rings is 1. The van der Waals surface area contributed by atoms with E-state index in [1.165, 1.54) is 6.08 Å². The topological polar surface area (TPSA) is 81.4 Å². The summed E-state index contributed by atoms with van der Waals surface area (Å²) >= 11 is 0. The van der Waals surface area contributed by atoms with Gasteiger partial charge in [-0.3, -0.25) is 4.79 Å². The Morgan fingerprint density at radius 1 is 1.24 bits per heavy atom. The van der Waals surface area contributed by atoms with Gasteiger partial charge in [-0.2, -0.15) is 5.26 Å². The number of carboxylic acid groups (broad SMARTS) is 1. The van der Waals surface area contributed by atoms with Gasteiger partial charge in [-0.1, -0.05) is 18.2 Å². The fourth-order valence-electron chi connectivity index (χ4n) is 2.31. The third-order valence-corrected chi connectivity index (χ3v) is 3.57. The molecule has 1 aromatic rings. The Bertz CT molecular complexity index is 591. The number of benzene rings is 1. The molecule has 1 heterocycles. The second-order valence-electron chi connectivity index (χ2n) is 4.98. The lowest BCUT2D eigenvalue weighted by Gasteiger charge is -2.31. The molecule has 0 aliphatic carbocycles. The molecule has 1 N–H and O–H groups in total. The first-order chi connectivity index (χ1) is 10.1. The lowest BCUT2D eigenvalue weighted by Crippen LogP contribution is -2.33. The molecule has 0 radical (unpaired) electrons. The molecule has 1 aromatic carbocycles. The first-order valence-electron chi connectivity index (χ1n) is 6.80. The normalized spacial score (nSPS) is 15.9. The standard InChI is InChI=1S/C16H16N2O3/c17-11-13-7-9-18(10-8-13)14-4-1-12(2-5-14)3-6-15(19)16(20)21/h1-6,13H,7-10H2,(H,20,21). The van der Waals surface area contributed by atoms with Crippen LogP contribution in [0.3, 0.4) is 0 Å². The SMILES string of the molecule is N#CC1CCN(c2ccc(C=CC(=O)C(=O)O)cc2)CC1. The Morgan fingerprint density at radius 3 is 2.38 bits per heavy atom. The highest BCUT2D eigenvalue weighted by Gasteiger charge is 2.18. The van der Waals surface area contributed by atoms with Crippen LogP contribution < -0.4 is 4.90 Å². The van der Waals surface area contributed by atoms with Gasteiger partial charge in [-0.05, 0) is 36.6 Å². The van der Waals surface area contributed by atoms with Gasteiger partial charge in [-0.25, -0.2) is 4.79 Å². The van der Waals surface area contributed by atoms with Crippen LogP contribution in [0.2, 0.25) is 0 Å². The predicted molar refractivity (Wildman–Crippen MR) is 78.7 cm³/mol. The Labute approximate surface area is 123 Å². The molecule has 5 heteroatoms. The number of carboxylic acids is 1. The molecular weight excluding hydrogens is 268 g/mol.